The van der Waals surface area contributed by atoms with E-state index in [4.69, 9.17) is 0 Å². The lowest BCUT2D eigenvalue weighted by Crippen LogP contribution is -2.46. The molecular weight excluding hydrogens is 388 g/mol. The van der Waals surface area contributed by atoms with Crippen LogP contribution in [0, 0.1) is 11.8 Å². The SMILES string of the molecule is CN(C(=O)c1cc2ccncc2s1)C(CNC(=O)CC1CCC(=O)NC1)C1CC1. The number of carbonyl (C=O) groups is 3. The monoisotopic (exact) mass is 414 g/mol. The molecule has 8 heteroatoms. The van der Waals surface area contributed by atoms with Crippen molar-refractivity contribution in [1.82, 2.24) is 20.5 Å². The van der Waals surface area contributed by atoms with Crippen LogP contribution >= 0.6 is 11.3 Å². The predicted molar refractivity (Wildman–Crippen MR) is 112 cm³/mol. The van der Waals surface area contributed by atoms with Crippen LogP contribution in [0.25, 0.3) is 10.1 Å². The Morgan fingerprint density at radius 3 is 2.90 bits per heavy atom. The normalized spacial score (nSPS) is 20.2. The second-order valence-corrected chi connectivity index (χ2v) is 9.15. The molecule has 1 saturated heterocycles. The lowest BCUT2D eigenvalue weighted by molar-refractivity contribution is -0.126. The molecule has 0 bridgehead atoms. The first-order chi connectivity index (χ1) is 14.0. The van der Waals surface area contributed by atoms with Gasteiger partial charge in [-0.2, -0.15) is 0 Å². The maximum absolute atomic E-state index is 13.0. The van der Waals surface area contributed by atoms with Gasteiger partial charge in [-0.25, -0.2) is 0 Å². The van der Waals surface area contributed by atoms with Crippen molar-refractivity contribution in [3.63, 3.8) is 0 Å². The zero-order chi connectivity index (χ0) is 20.4. The van der Waals surface area contributed by atoms with Gasteiger partial charge in [0.2, 0.25) is 11.8 Å². The molecule has 0 radical (unpaired) electrons. The summed E-state index contributed by atoms with van der Waals surface area (Å²) in [5, 5.41) is 6.87. The van der Waals surface area contributed by atoms with E-state index in [1.807, 2.05) is 19.2 Å². The van der Waals surface area contributed by atoms with Gasteiger partial charge in [0.25, 0.3) is 5.91 Å². The fourth-order valence-corrected chi connectivity index (χ4v) is 4.94. The van der Waals surface area contributed by atoms with Gasteiger partial charge in [-0.3, -0.25) is 19.4 Å². The number of thiophene rings is 1. The molecule has 7 nitrogen and oxygen atoms in total. The summed E-state index contributed by atoms with van der Waals surface area (Å²) >= 11 is 1.46. The van der Waals surface area contributed by atoms with Crippen LogP contribution in [0.4, 0.5) is 0 Å². The maximum atomic E-state index is 13.0. The van der Waals surface area contributed by atoms with E-state index >= 15 is 0 Å². The minimum Gasteiger partial charge on any atom is -0.356 e. The highest BCUT2D eigenvalue weighted by Gasteiger charge is 2.36. The van der Waals surface area contributed by atoms with Gasteiger partial charge in [-0.1, -0.05) is 0 Å². The Bertz CT molecular complexity index is 881. The molecule has 2 aromatic rings. The summed E-state index contributed by atoms with van der Waals surface area (Å²) in [4.78, 5) is 43.3. The molecule has 2 fully saturated rings. The molecule has 2 aromatic heterocycles. The molecule has 29 heavy (non-hydrogen) atoms. The number of hydrogen-bond acceptors (Lipinski definition) is 5. The molecule has 1 aliphatic heterocycles. The van der Waals surface area contributed by atoms with E-state index in [-0.39, 0.29) is 29.7 Å². The first kappa shape index (κ1) is 19.8. The second kappa shape index (κ2) is 8.49. The Labute approximate surface area is 173 Å². The van der Waals surface area contributed by atoms with Crippen LogP contribution in [0.2, 0.25) is 0 Å². The zero-order valence-corrected chi connectivity index (χ0v) is 17.3. The van der Waals surface area contributed by atoms with Crippen LogP contribution in [0.3, 0.4) is 0 Å². The van der Waals surface area contributed by atoms with Crippen molar-refractivity contribution < 1.29 is 14.4 Å². The maximum Gasteiger partial charge on any atom is 0.264 e. The van der Waals surface area contributed by atoms with Gasteiger partial charge in [0, 0.05) is 45.4 Å². The Kier molecular flexibility index (Phi) is 5.80. The number of pyridine rings is 1. The standard InChI is InChI=1S/C21H26N4O3S/c1-25(21(28)17-9-15-6-7-22-12-18(15)29-17)16(14-3-4-14)11-24-20(27)8-13-2-5-19(26)23-10-13/h6-7,9,12-14,16H,2-5,8,10-11H2,1H3,(H,23,26)(H,24,27). The molecule has 2 aliphatic rings. The van der Waals surface area contributed by atoms with Crippen molar-refractivity contribution in [2.24, 2.45) is 11.8 Å². The average molecular weight is 415 g/mol. The van der Waals surface area contributed by atoms with Crippen molar-refractivity contribution >= 4 is 39.1 Å². The van der Waals surface area contributed by atoms with Gasteiger partial charge in [-0.15, -0.1) is 11.3 Å². The molecule has 4 rings (SSSR count). The molecule has 0 spiro atoms. The highest BCUT2D eigenvalue weighted by Crippen LogP contribution is 2.36. The minimum atomic E-state index is -0.00872. The zero-order valence-electron chi connectivity index (χ0n) is 16.5. The molecule has 2 N–H and O–H groups in total. The quantitative estimate of drug-likeness (QED) is 0.726. The smallest absolute Gasteiger partial charge is 0.264 e. The molecule has 154 valence electrons. The van der Waals surface area contributed by atoms with E-state index in [0.717, 1.165) is 29.3 Å². The summed E-state index contributed by atoms with van der Waals surface area (Å²) in [7, 11) is 1.83. The van der Waals surface area contributed by atoms with Crippen LogP contribution in [0.5, 0.6) is 0 Å². The number of amides is 3. The van der Waals surface area contributed by atoms with Crippen LogP contribution in [-0.4, -0.2) is 53.8 Å². The first-order valence-electron chi connectivity index (χ1n) is 10.2. The molecule has 1 saturated carbocycles. The van der Waals surface area contributed by atoms with Crippen LogP contribution < -0.4 is 10.6 Å². The summed E-state index contributed by atoms with van der Waals surface area (Å²) < 4.78 is 1.00. The lowest BCUT2D eigenvalue weighted by atomic mass is 9.95. The van der Waals surface area contributed by atoms with Crippen molar-refractivity contribution in [2.75, 3.05) is 20.1 Å². The number of piperidine rings is 1. The number of carbonyl (C=O) groups excluding carboxylic acids is 3. The third-order valence-corrected chi connectivity index (χ3v) is 6.94. The van der Waals surface area contributed by atoms with E-state index in [0.29, 0.717) is 36.7 Å². The summed E-state index contributed by atoms with van der Waals surface area (Å²) in [6.45, 7) is 1.04. The van der Waals surface area contributed by atoms with Crippen molar-refractivity contribution in [3.05, 3.63) is 29.4 Å². The first-order valence-corrected chi connectivity index (χ1v) is 11.0. The third kappa shape index (κ3) is 4.75. The number of fused-ring (bicyclic) bond motifs is 1. The van der Waals surface area contributed by atoms with E-state index < -0.39 is 0 Å². The highest BCUT2D eigenvalue weighted by molar-refractivity contribution is 7.20. The summed E-state index contributed by atoms with van der Waals surface area (Å²) in [6.07, 6.45) is 7.34. The minimum absolute atomic E-state index is 0.000783. The van der Waals surface area contributed by atoms with Gasteiger partial charge in [0.1, 0.15) is 0 Å². The van der Waals surface area contributed by atoms with Crippen molar-refractivity contribution in [3.8, 4) is 0 Å². The van der Waals surface area contributed by atoms with E-state index in [1.54, 1.807) is 17.3 Å². The number of aromatic nitrogens is 1. The number of likely N-dealkylation sites (N-methyl/N-ethyl adjacent to an activating group) is 1. The molecule has 2 unspecified atom stereocenters. The number of nitrogens with zero attached hydrogens (tertiary/aromatic N) is 2. The van der Waals surface area contributed by atoms with E-state index in [2.05, 4.69) is 15.6 Å². The van der Waals surface area contributed by atoms with Gasteiger partial charge in [0.15, 0.2) is 0 Å². The van der Waals surface area contributed by atoms with Gasteiger partial charge < -0.3 is 15.5 Å². The Morgan fingerprint density at radius 1 is 1.38 bits per heavy atom. The Balaban J connectivity index is 1.35. The van der Waals surface area contributed by atoms with Gasteiger partial charge in [-0.05, 0) is 48.6 Å². The van der Waals surface area contributed by atoms with E-state index in [9.17, 15) is 14.4 Å². The fourth-order valence-electron chi connectivity index (χ4n) is 3.93. The van der Waals surface area contributed by atoms with Crippen LogP contribution in [0.15, 0.2) is 24.5 Å². The lowest BCUT2D eigenvalue weighted by Gasteiger charge is -2.29. The second-order valence-electron chi connectivity index (χ2n) is 8.06. The van der Waals surface area contributed by atoms with Gasteiger partial charge >= 0.3 is 0 Å². The molecule has 0 aromatic carbocycles. The largest absolute Gasteiger partial charge is 0.356 e. The third-order valence-electron chi connectivity index (χ3n) is 5.87. The fraction of sp³-hybridized carbons (Fsp3) is 0.524. The highest BCUT2D eigenvalue weighted by atomic mass is 32.1. The predicted octanol–water partition coefficient (Wildman–Crippen LogP) is 2.18. The summed E-state index contributed by atoms with van der Waals surface area (Å²) in [5.41, 5.74) is 0. The van der Waals surface area contributed by atoms with Crippen LogP contribution in [0.1, 0.15) is 41.8 Å². The summed E-state index contributed by atoms with van der Waals surface area (Å²) in [5.74, 6) is 0.679. The van der Waals surface area contributed by atoms with Crippen molar-refractivity contribution in [2.45, 2.75) is 38.1 Å². The number of nitrogens with one attached hydrogen (secondary N) is 2. The summed E-state index contributed by atoms with van der Waals surface area (Å²) in [6, 6.07) is 3.83. The molecule has 1 aliphatic carbocycles. The molecule has 3 amide bonds. The molecule has 2 atom stereocenters. The van der Waals surface area contributed by atoms with Crippen molar-refractivity contribution in [1.29, 1.82) is 0 Å². The van der Waals surface area contributed by atoms with Crippen LogP contribution in [-0.2, 0) is 9.59 Å². The average Bonchev–Trinajstić information content (AvgIpc) is 3.46. The number of hydrogen-bond donors (Lipinski definition) is 2. The molecule has 3 heterocycles. The number of rotatable bonds is 7. The Hall–Kier alpha value is -2.48. The van der Waals surface area contributed by atoms with Gasteiger partial charge in [0.05, 0.1) is 15.6 Å². The molecular formula is C21H26N4O3S. The topological polar surface area (TPSA) is 91.4 Å². The Morgan fingerprint density at radius 2 is 2.21 bits per heavy atom. The van der Waals surface area contributed by atoms with E-state index in [1.165, 1.54) is 11.3 Å².